The molecule has 0 aliphatic carbocycles. The first-order valence-corrected chi connectivity index (χ1v) is 9.60. The molecule has 140 valence electrons. The van der Waals surface area contributed by atoms with E-state index in [2.05, 4.69) is 15.5 Å². The van der Waals surface area contributed by atoms with E-state index in [9.17, 15) is 4.79 Å². The van der Waals surface area contributed by atoms with Crippen LogP contribution < -0.4 is 5.32 Å². The molecule has 1 amide bonds. The maximum Gasteiger partial charge on any atom is 0.256 e. The molecular weight excluding hydrogens is 382 g/mol. The van der Waals surface area contributed by atoms with E-state index in [4.69, 9.17) is 11.6 Å². The molecule has 1 aliphatic rings. The fraction of sp³-hybridized carbons (Fsp3) is 0. The second kappa shape index (κ2) is 7.08. The molecule has 0 radical (unpaired) electrons. The zero-order valence-electron chi connectivity index (χ0n) is 15.3. The summed E-state index contributed by atoms with van der Waals surface area (Å²) in [5.74, 6) is -0.0840. The molecule has 4 nitrogen and oxygen atoms in total. The van der Waals surface area contributed by atoms with Crippen molar-refractivity contribution in [2.75, 3.05) is 5.32 Å². The van der Waals surface area contributed by atoms with Gasteiger partial charge >= 0.3 is 0 Å². The number of fused-ring (bicyclic) bond motifs is 2. The van der Waals surface area contributed by atoms with E-state index < -0.39 is 0 Å². The van der Waals surface area contributed by atoms with Gasteiger partial charge in [-0.3, -0.25) is 9.89 Å². The van der Waals surface area contributed by atoms with Crippen molar-refractivity contribution in [3.05, 3.63) is 94.1 Å². The molecule has 2 heterocycles. The first kappa shape index (κ1) is 17.5. The molecule has 0 bridgehead atoms. The van der Waals surface area contributed by atoms with Gasteiger partial charge in [-0.25, -0.2) is 0 Å². The molecule has 0 saturated heterocycles. The number of rotatable bonds is 3. The Bertz CT molecular complexity index is 1320. The van der Waals surface area contributed by atoms with Gasteiger partial charge in [0.05, 0.1) is 11.2 Å². The first-order chi connectivity index (χ1) is 14.2. The quantitative estimate of drug-likeness (QED) is 0.424. The van der Waals surface area contributed by atoms with Crippen LogP contribution in [0, 0.1) is 0 Å². The molecule has 5 heteroatoms. The number of carbonyl (C=O) groups is 1. The molecule has 0 atom stereocenters. The van der Waals surface area contributed by atoms with Crippen molar-refractivity contribution in [1.82, 2.24) is 10.2 Å². The van der Waals surface area contributed by atoms with Gasteiger partial charge in [0.2, 0.25) is 0 Å². The third kappa shape index (κ3) is 3.24. The van der Waals surface area contributed by atoms with Gasteiger partial charge in [0.1, 0.15) is 0 Å². The zero-order valence-corrected chi connectivity index (χ0v) is 16.1. The number of benzene rings is 3. The Morgan fingerprint density at radius 1 is 0.931 bits per heavy atom. The van der Waals surface area contributed by atoms with Gasteiger partial charge in [-0.15, -0.1) is 0 Å². The minimum atomic E-state index is -0.0840. The van der Waals surface area contributed by atoms with Crippen molar-refractivity contribution in [2.45, 2.75) is 0 Å². The van der Waals surface area contributed by atoms with E-state index in [1.54, 1.807) is 0 Å². The molecule has 1 aliphatic heterocycles. The highest BCUT2D eigenvalue weighted by atomic mass is 35.5. The molecule has 5 rings (SSSR count). The van der Waals surface area contributed by atoms with Crippen LogP contribution in [-0.4, -0.2) is 16.1 Å². The number of aromatic amines is 1. The average molecular weight is 398 g/mol. The maximum absolute atomic E-state index is 12.3. The van der Waals surface area contributed by atoms with Gasteiger partial charge in [-0.2, -0.15) is 5.10 Å². The molecule has 0 fully saturated rings. The third-order valence-corrected chi connectivity index (χ3v) is 5.31. The fourth-order valence-corrected chi connectivity index (χ4v) is 3.70. The molecule has 0 unspecified atom stereocenters. The lowest BCUT2D eigenvalue weighted by molar-refractivity contribution is -0.110. The fourth-order valence-electron chi connectivity index (χ4n) is 3.50. The summed E-state index contributed by atoms with van der Waals surface area (Å²) in [6, 6.07) is 21.4. The summed E-state index contributed by atoms with van der Waals surface area (Å²) >= 11 is 6.21. The summed E-state index contributed by atoms with van der Waals surface area (Å²) in [5.41, 5.74) is 6.05. The highest BCUT2D eigenvalue weighted by Gasteiger charge is 2.23. The monoisotopic (exact) mass is 397 g/mol. The average Bonchev–Trinajstić information content (AvgIpc) is 3.28. The van der Waals surface area contributed by atoms with Crippen LogP contribution in [0.25, 0.3) is 34.7 Å². The molecule has 4 aromatic rings. The summed E-state index contributed by atoms with van der Waals surface area (Å²) in [6.45, 7) is 0. The van der Waals surface area contributed by atoms with E-state index in [0.717, 1.165) is 39.0 Å². The van der Waals surface area contributed by atoms with Gasteiger partial charge in [-0.1, -0.05) is 60.1 Å². The molecular formula is C24H16ClN3O. The molecule has 29 heavy (non-hydrogen) atoms. The number of carbonyl (C=O) groups excluding carboxylic acids is 1. The SMILES string of the molecule is O=C1Nc2ccccc2/C1=C\c1ccc2c(/C=C/c3ccccc3Cl)n[nH]c2c1. The van der Waals surface area contributed by atoms with E-state index >= 15 is 0 Å². The smallest absolute Gasteiger partial charge is 0.256 e. The van der Waals surface area contributed by atoms with Gasteiger partial charge in [0.25, 0.3) is 5.91 Å². The Morgan fingerprint density at radius 3 is 2.66 bits per heavy atom. The summed E-state index contributed by atoms with van der Waals surface area (Å²) in [6.07, 6.45) is 5.80. The first-order valence-electron chi connectivity index (χ1n) is 9.22. The molecule has 2 N–H and O–H groups in total. The lowest BCUT2D eigenvalue weighted by Gasteiger charge is -1.99. The van der Waals surface area contributed by atoms with Crippen LogP contribution in [0.1, 0.15) is 22.4 Å². The number of halogens is 1. The summed E-state index contributed by atoms with van der Waals surface area (Å²) in [5, 5.41) is 12.1. The van der Waals surface area contributed by atoms with E-state index in [0.29, 0.717) is 10.6 Å². The van der Waals surface area contributed by atoms with Crippen LogP contribution in [-0.2, 0) is 4.79 Å². The Balaban J connectivity index is 1.49. The largest absolute Gasteiger partial charge is 0.321 e. The van der Waals surface area contributed by atoms with Crippen LogP contribution in [0.5, 0.6) is 0 Å². The van der Waals surface area contributed by atoms with Crippen LogP contribution >= 0.6 is 11.6 Å². The predicted octanol–water partition coefficient (Wildman–Crippen LogP) is 5.88. The molecule has 0 saturated carbocycles. The van der Waals surface area contributed by atoms with E-state index in [1.165, 1.54) is 0 Å². The van der Waals surface area contributed by atoms with Gasteiger partial charge in [0, 0.05) is 27.2 Å². The Hall–Kier alpha value is -3.63. The van der Waals surface area contributed by atoms with Gasteiger partial charge in [0.15, 0.2) is 0 Å². The zero-order chi connectivity index (χ0) is 19.8. The van der Waals surface area contributed by atoms with Crippen molar-refractivity contribution in [3.8, 4) is 0 Å². The second-order valence-electron chi connectivity index (χ2n) is 6.83. The van der Waals surface area contributed by atoms with Crippen LogP contribution in [0.4, 0.5) is 5.69 Å². The van der Waals surface area contributed by atoms with Crippen molar-refractivity contribution in [1.29, 1.82) is 0 Å². The number of H-pyrrole nitrogens is 1. The standard InChI is InChI=1S/C24H16ClN3O/c25-20-7-3-1-5-16(20)10-12-22-18-11-9-15(14-23(18)28-27-22)13-19-17-6-2-4-8-21(17)26-24(19)29/h1-14H,(H,26,29)(H,27,28)/b12-10+,19-13+. The van der Waals surface area contributed by atoms with E-state index in [1.807, 2.05) is 85.0 Å². The number of nitrogens with one attached hydrogen (secondary N) is 2. The number of hydrogen-bond acceptors (Lipinski definition) is 2. The number of nitrogens with zero attached hydrogens (tertiary/aromatic N) is 1. The third-order valence-electron chi connectivity index (χ3n) is 4.96. The number of anilines is 1. The number of aromatic nitrogens is 2. The normalized spacial score (nSPS) is 14.7. The van der Waals surface area contributed by atoms with Crippen molar-refractivity contribution >= 4 is 57.9 Å². The predicted molar refractivity (Wildman–Crippen MR) is 119 cm³/mol. The van der Waals surface area contributed by atoms with Crippen molar-refractivity contribution in [3.63, 3.8) is 0 Å². The van der Waals surface area contributed by atoms with E-state index in [-0.39, 0.29) is 5.91 Å². The van der Waals surface area contributed by atoms with Crippen molar-refractivity contribution in [2.24, 2.45) is 0 Å². The topological polar surface area (TPSA) is 57.8 Å². The van der Waals surface area contributed by atoms with Crippen molar-refractivity contribution < 1.29 is 4.79 Å². The maximum atomic E-state index is 12.3. The highest BCUT2D eigenvalue weighted by molar-refractivity contribution is 6.35. The highest BCUT2D eigenvalue weighted by Crippen LogP contribution is 2.33. The van der Waals surface area contributed by atoms with Crippen LogP contribution in [0.3, 0.4) is 0 Å². The Labute approximate surface area is 172 Å². The Morgan fingerprint density at radius 2 is 1.76 bits per heavy atom. The lowest BCUT2D eigenvalue weighted by atomic mass is 10.0. The van der Waals surface area contributed by atoms with Crippen LogP contribution in [0.2, 0.25) is 5.02 Å². The van der Waals surface area contributed by atoms with Gasteiger partial charge in [-0.05, 0) is 47.5 Å². The molecule has 1 aromatic heterocycles. The minimum Gasteiger partial charge on any atom is -0.321 e. The second-order valence-corrected chi connectivity index (χ2v) is 7.23. The number of hydrogen-bond donors (Lipinski definition) is 2. The minimum absolute atomic E-state index is 0.0840. The Kier molecular flexibility index (Phi) is 4.26. The van der Waals surface area contributed by atoms with Crippen LogP contribution in [0.15, 0.2) is 66.7 Å². The van der Waals surface area contributed by atoms with Gasteiger partial charge < -0.3 is 5.32 Å². The number of amides is 1. The lowest BCUT2D eigenvalue weighted by Crippen LogP contribution is -2.03. The summed E-state index contributed by atoms with van der Waals surface area (Å²) in [7, 11) is 0. The molecule has 0 spiro atoms. The summed E-state index contributed by atoms with van der Waals surface area (Å²) in [4.78, 5) is 12.3. The molecule has 3 aromatic carbocycles. The number of para-hydroxylation sites is 1. The summed E-state index contributed by atoms with van der Waals surface area (Å²) < 4.78 is 0.